The number of halogens is 2. The monoisotopic (exact) mass is 429 g/mol. The van der Waals surface area contributed by atoms with Crippen LogP contribution < -0.4 is 5.32 Å². The molecule has 0 saturated carbocycles. The van der Waals surface area contributed by atoms with Crippen LogP contribution in [0, 0.1) is 3.57 Å². The molecule has 0 bridgehead atoms. The van der Waals surface area contributed by atoms with Crippen LogP contribution in [0.3, 0.4) is 0 Å². The number of hydrogen-bond donors (Lipinski definition) is 1. The predicted molar refractivity (Wildman–Crippen MR) is 90.6 cm³/mol. The zero-order chi connectivity index (χ0) is 13.8. The lowest BCUT2D eigenvalue weighted by Crippen LogP contribution is -2.13. The summed E-state index contributed by atoms with van der Waals surface area (Å²) in [5, 5.41) is 2.94. The number of hydrogen-bond acceptors (Lipinski definition) is 1. The molecule has 19 heavy (non-hydrogen) atoms. The van der Waals surface area contributed by atoms with Gasteiger partial charge in [0.2, 0.25) is 0 Å². The van der Waals surface area contributed by atoms with E-state index in [0.717, 1.165) is 20.2 Å². The molecule has 2 rings (SSSR count). The van der Waals surface area contributed by atoms with E-state index in [1.807, 2.05) is 36.4 Å². The van der Waals surface area contributed by atoms with Gasteiger partial charge in [-0.2, -0.15) is 0 Å². The first-order chi connectivity index (χ1) is 9.10. The Kier molecular flexibility index (Phi) is 4.99. The normalized spacial score (nSPS) is 10.3. The molecule has 0 aliphatic carbocycles. The molecule has 0 saturated heterocycles. The zero-order valence-corrected chi connectivity index (χ0v) is 14.2. The Morgan fingerprint density at radius 3 is 2.79 bits per heavy atom. The SMILES string of the molecule is CCc1cccc(NC(=O)c2cc(Br)ccc2I)c1. The van der Waals surface area contributed by atoms with Crippen LogP contribution in [0.2, 0.25) is 0 Å². The van der Waals surface area contributed by atoms with Crippen LogP contribution >= 0.6 is 38.5 Å². The molecule has 1 amide bonds. The predicted octanol–water partition coefficient (Wildman–Crippen LogP) is 4.87. The lowest BCUT2D eigenvalue weighted by Gasteiger charge is -2.08. The number of carbonyl (C=O) groups excluding carboxylic acids is 1. The highest BCUT2D eigenvalue weighted by molar-refractivity contribution is 14.1. The number of nitrogens with one attached hydrogen (secondary N) is 1. The van der Waals surface area contributed by atoms with Gasteiger partial charge in [-0.3, -0.25) is 4.79 Å². The van der Waals surface area contributed by atoms with E-state index >= 15 is 0 Å². The number of benzene rings is 2. The van der Waals surface area contributed by atoms with Crippen molar-refractivity contribution in [2.24, 2.45) is 0 Å². The second-order valence-electron chi connectivity index (χ2n) is 4.13. The average molecular weight is 430 g/mol. The summed E-state index contributed by atoms with van der Waals surface area (Å²) in [6.07, 6.45) is 0.956. The van der Waals surface area contributed by atoms with Crippen molar-refractivity contribution in [2.45, 2.75) is 13.3 Å². The third-order valence-corrected chi connectivity index (χ3v) is 4.20. The first kappa shape index (κ1) is 14.5. The number of aryl methyl sites for hydroxylation is 1. The fourth-order valence-electron chi connectivity index (χ4n) is 1.74. The third-order valence-electron chi connectivity index (χ3n) is 2.77. The smallest absolute Gasteiger partial charge is 0.256 e. The summed E-state index contributed by atoms with van der Waals surface area (Å²) in [6.45, 7) is 2.10. The molecular weight excluding hydrogens is 417 g/mol. The Labute approximate surface area is 134 Å². The molecular formula is C15H13BrINO. The summed E-state index contributed by atoms with van der Waals surface area (Å²) in [6, 6.07) is 13.6. The molecule has 0 aliphatic heterocycles. The minimum atomic E-state index is -0.0843. The highest BCUT2D eigenvalue weighted by atomic mass is 127. The van der Waals surface area contributed by atoms with Crippen molar-refractivity contribution in [1.29, 1.82) is 0 Å². The number of amides is 1. The van der Waals surface area contributed by atoms with Gasteiger partial charge in [0, 0.05) is 13.7 Å². The van der Waals surface area contributed by atoms with Crippen molar-refractivity contribution >= 4 is 50.1 Å². The molecule has 0 heterocycles. The molecule has 2 nitrogen and oxygen atoms in total. The van der Waals surface area contributed by atoms with Gasteiger partial charge in [0.15, 0.2) is 0 Å². The molecule has 98 valence electrons. The van der Waals surface area contributed by atoms with Crippen molar-refractivity contribution in [3.8, 4) is 0 Å². The molecule has 0 fully saturated rings. The molecule has 0 spiro atoms. The highest BCUT2D eigenvalue weighted by Gasteiger charge is 2.10. The quantitative estimate of drug-likeness (QED) is 0.693. The Morgan fingerprint density at radius 2 is 2.05 bits per heavy atom. The molecule has 0 atom stereocenters. The maximum atomic E-state index is 12.3. The van der Waals surface area contributed by atoms with E-state index in [9.17, 15) is 4.79 Å². The summed E-state index contributed by atoms with van der Waals surface area (Å²) in [7, 11) is 0. The first-order valence-corrected chi connectivity index (χ1v) is 7.82. The molecule has 4 heteroatoms. The molecule has 2 aromatic carbocycles. The molecule has 1 N–H and O–H groups in total. The summed E-state index contributed by atoms with van der Waals surface area (Å²) in [5.41, 5.74) is 2.72. The molecule has 0 unspecified atom stereocenters. The molecule has 0 aromatic heterocycles. The van der Waals surface area contributed by atoms with Crippen molar-refractivity contribution in [3.05, 3.63) is 61.6 Å². The van der Waals surface area contributed by atoms with Crippen LogP contribution in [0.15, 0.2) is 46.9 Å². The van der Waals surface area contributed by atoms with Crippen LogP contribution in [0.1, 0.15) is 22.8 Å². The fourth-order valence-corrected chi connectivity index (χ4v) is 2.68. The molecule has 0 radical (unpaired) electrons. The van der Waals surface area contributed by atoms with Crippen molar-refractivity contribution in [1.82, 2.24) is 0 Å². The van der Waals surface area contributed by atoms with Gasteiger partial charge in [-0.25, -0.2) is 0 Å². The summed E-state index contributed by atoms with van der Waals surface area (Å²) in [5.74, 6) is -0.0843. The standard InChI is InChI=1S/C15H13BrINO/c1-2-10-4-3-5-12(8-10)18-15(19)13-9-11(16)6-7-14(13)17/h3-9H,2H2,1H3,(H,18,19). The van der Waals surface area contributed by atoms with E-state index < -0.39 is 0 Å². The van der Waals surface area contributed by atoms with Gasteiger partial charge in [-0.15, -0.1) is 0 Å². The lowest BCUT2D eigenvalue weighted by atomic mass is 10.1. The molecule has 0 aliphatic rings. The van der Waals surface area contributed by atoms with Gasteiger partial charge in [0.05, 0.1) is 5.56 Å². The van der Waals surface area contributed by atoms with Gasteiger partial charge < -0.3 is 5.32 Å². The van der Waals surface area contributed by atoms with Crippen LogP contribution in [0.25, 0.3) is 0 Å². The number of rotatable bonds is 3. The Morgan fingerprint density at radius 1 is 1.26 bits per heavy atom. The summed E-state index contributed by atoms with van der Waals surface area (Å²) >= 11 is 5.56. The minimum Gasteiger partial charge on any atom is -0.322 e. The number of carbonyl (C=O) groups is 1. The van der Waals surface area contributed by atoms with Crippen LogP contribution in [-0.4, -0.2) is 5.91 Å². The van der Waals surface area contributed by atoms with Gasteiger partial charge >= 0.3 is 0 Å². The lowest BCUT2D eigenvalue weighted by molar-refractivity contribution is 0.102. The Bertz CT molecular complexity index is 613. The third kappa shape index (κ3) is 3.79. The molecule has 2 aromatic rings. The van der Waals surface area contributed by atoms with E-state index in [2.05, 4.69) is 56.8 Å². The fraction of sp³-hybridized carbons (Fsp3) is 0.133. The van der Waals surface area contributed by atoms with E-state index in [1.165, 1.54) is 5.56 Å². The second-order valence-corrected chi connectivity index (χ2v) is 6.21. The second kappa shape index (κ2) is 6.52. The average Bonchev–Trinajstić information content (AvgIpc) is 2.41. The van der Waals surface area contributed by atoms with E-state index in [4.69, 9.17) is 0 Å². The van der Waals surface area contributed by atoms with Gasteiger partial charge in [-0.1, -0.05) is 35.0 Å². The van der Waals surface area contributed by atoms with Crippen LogP contribution in [-0.2, 0) is 6.42 Å². The summed E-state index contributed by atoms with van der Waals surface area (Å²) < 4.78 is 1.84. The highest BCUT2D eigenvalue weighted by Crippen LogP contribution is 2.20. The van der Waals surface area contributed by atoms with Crippen molar-refractivity contribution in [3.63, 3.8) is 0 Å². The van der Waals surface area contributed by atoms with Gasteiger partial charge in [0.1, 0.15) is 0 Å². The number of anilines is 1. The van der Waals surface area contributed by atoms with Gasteiger partial charge in [-0.05, 0) is 64.9 Å². The minimum absolute atomic E-state index is 0.0843. The van der Waals surface area contributed by atoms with Crippen molar-refractivity contribution in [2.75, 3.05) is 5.32 Å². The largest absolute Gasteiger partial charge is 0.322 e. The maximum absolute atomic E-state index is 12.3. The maximum Gasteiger partial charge on any atom is 0.256 e. The van der Waals surface area contributed by atoms with Crippen LogP contribution in [0.4, 0.5) is 5.69 Å². The van der Waals surface area contributed by atoms with Gasteiger partial charge in [0.25, 0.3) is 5.91 Å². The van der Waals surface area contributed by atoms with E-state index in [1.54, 1.807) is 0 Å². The van der Waals surface area contributed by atoms with Crippen molar-refractivity contribution < 1.29 is 4.79 Å². The first-order valence-electron chi connectivity index (χ1n) is 5.95. The Balaban J connectivity index is 2.23. The summed E-state index contributed by atoms with van der Waals surface area (Å²) in [4.78, 5) is 12.3. The zero-order valence-electron chi connectivity index (χ0n) is 10.4. The Hall–Kier alpha value is -0.880. The topological polar surface area (TPSA) is 29.1 Å². The van der Waals surface area contributed by atoms with Crippen LogP contribution in [0.5, 0.6) is 0 Å². The van der Waals surface area contributed by atoms with E-state index in [-0.39, 0.29) is 5.91 Å². The van der Waals surface area contributed by atoms with E-state index in [0.29, 0.717) is 5.56 Å².